The fraction of sp³-hybridized carbons (Fsp3) is 0.125. The van der Waals surface area contributed by atoms with Crippen molar-refractivity contribution in [1.29, 1.82) is 0 Å². The number of halogens is 1. The van der Waals surface area contributed by atoms with Crippen LogP contribution in [0.1, 0.15) is 11.1 Å². The van der Waals surface area contributed by atoms with Gasteiger partial charge in [0.1, 0.15) is 5.75 Å². The van der Waals surface area contributed by atoms with Crippen LogP contribution in [-0.2, 0) is 10.1 Å². The van der Waals surface area contributed by atoms with Crippen LogP contribution in [0.2, 0.25) is 5.02 Å². The lowest BCUT2D eigenvalue weighted by Crippen LogP contribution is -2.30. The van der Waals surface area contributed by atoms with E-state index in [1.807, 2.05) is 0 Å². The fourth-order valence-electron chi connectivity index (χ4n) is 1.91. The molecule has 132 valence electrons. The molecule has 0 heterocycles. The van der Waals surface area contributed by atoms with Gasteiger partial charge in [-0.2, -0.15) is 13.5 Å². The molecule has 0 radical (unpaired) electrons. The molecule has 2 aromatic rings. The maximum Gasteiger partial charge on any atom is 0.334 e. The van der Waals surface area contributed by atoms with Crippen LogP contribution in [-0.4, -0.2) is 33.5 Å². The van der Waals surface area contributed by atoms with E-state index < -0.39 is 16.1 Å². The highest BCUT2D eigenvalue weighted by molar-refractivity contribution is 7.86. The van der Waals surface area contributed by atoms with Gasteiger partial charge in [0.15, 0.2) is 0 Å². The Kier molecular flexibility index (Phi) is 6.00. The van der Waals surface area contributed by atoms with E-state index in [1.165, 1.54) is 19.2 Å². The molecule has 0 aromatic heterocycles. The summed E-state index contributed by atoms with van der Waals surface area (Å²) in [6, 6.07) is 12.7. The highest BCUT2D eigenvalue weighted by Crippen LogP contribution is 2.18. The number of urea groups is 1. The van der Waals surface area contributed by atoms with Crippen molar-refractivity contribution in [3.05, 3.63) is 64.7 Å². The lowest BCUT2D eigenvalue weighted by atomic mass is 10.0. The van der Waals surface area contributed by atoms with Gasteiger partial charge < -0.3 is 9.50 Å². The molecule has 0 atom stereocenters. The van der Waals surface area contributed by atoms with Crippen LogP contribution in [0.5, 0.6) is 5.75 Å². The van der Waals surface area contributed by atoms with Crippen LogP contribution < -0.4 is 14.9 Å². The third-order valence-electron chi connectivity index (χ3n) is 2.99. The quantitative estimate of drug-likeness (QED) is 0.472. The van der Waals surface area contributed by atoms with E-state index in [-0.39, 0.29) is 5.75 Å². The van der Waals surface area contributed by atoms with Crippen molar-refractivity contribution in [3.63, 3.8) is 0 Å². The van der Waals surface area contributed by atoms with Crippen LogP contribution >= 0.6 is 11.6 Å². The number of hydrazone groups is 1. The Morgan fingerprint density at radius 2 is 1.56 bits per heavy atom. The summed E-state index contributed by atoms with van der Waals surface area (Å²) >= 11 is 5.90. The van der Waals surface area contributed by atoms with E-state index >= 15 is 0 Å². The normalized spacial score (nSPS) is 11.7. The summed E-state index contributed by atoms with van der Waals surface area (Å²) in [7, 11) is -2.13. The lowest BCUT2D eigenvalue weighted by molar-refractivity contribution is 0.243. The zero-order chi connectivity index (χ0) is 18.4. The number of nitrogens with zero attached hydrogens (tertiary/aromatic N) is 1. The van der Waals surface area contributed by atoms with Crippen molar-refractivity contribution in [3.8, 4) is 5.75 Å². The summed E-state index contributed by atoms with van der Waals surface area (Å²) < 4.78 is 27.1. The van der Waals surface area contributed by atoms with E-state index in [9.17, 15) is 13.2 Å². The number of amides is 2. The smallest absolute Gasteiger partial charge is 0.334 e. The average Bonchev–Trinajstić information content (AvgIpc) is 2.56. The van der Waals surface area contributed by atoms with Gasteiger partial charge in [-0.05, 0) is 36.4 Å². The molecule has 0 aliphatic heterocycles. The highest BCUT2D eigenvalue weighted by Gasteiger charge is 2.10. The van der Waals surface area contributed by atoms with Gasteiger partial charge >= 0.3 is 16.1 Å². The maximum absolute atomic E-state index is 11.4. The topological polar surface area (TPSA) is 96.9 Å². The maximum atomic E-state index is 11.4. The lowest BCUT2D eigenvalue weighted by Gasteiger charge is -2.09. The Labute approximate surface area is 150 Å². The number of carbonyl (C=O) groups excluding carboxylic acids is 1. The second-order valence-electron chi connectivity index (χ2n) is 4.97. The first kappa shape index (κ1) is 18.8. The second kappa shape index (κ2) is 8.00. The SMILES string of the molecule is CNC(=O)NN=C(c1ccc(Cl)cc1)c1ccc(OS(C)(=O)=O)cc1. The summed E-state index contributed by atoms with van der Waals surface area (Å²) in [6.07, 6.45) is 0.967. The average molecular weight is 382 g/mol. The molecule has 25 heavy (non-hydrogen) atoms. The molecule has 2 aromatic carbocycles. The third-order valence-corrected chi connectivity index (χ3v) is 3.74. The molecule has 0 fully saturated rings. The van der Waals surface area contributed by atoms with Crippen molar-refractivity contribution < 1.29 is 17.4 Å². The number of hydrogen-bond acceptors (Lipinski definition) is 5. The van der Waals surface area contributed by atoms with Crippen LogP contribution in [0.3, 0.4) is 0 Å². The Bertz CT molecular complexity index is 879. The van der Waals surface area contributed by atoms with Gasteiger partial charge in [-0.15, -0.1) is 0 Å². The van der Waals surface area contributed by atoms with E-state index in [2.05, 4.69) is 15.8 Å². The van der Waals surface area contributed by atoms with Gasteiger partial charge in [0.25, 0.3) is 0 Å². The number of benzene rings is 2. The van der Waals surface area contributed by atoms with Gasteiger partial charge in [0, 0.05) is 23.2 Å². The van der Waals surface area contributed by atoms with Crippen molar-refractivity contribution in [2.45, 2.75) is 0 Å². The molecule has 0 saturated carbocycles. The summed E-state index contributed by atoms with van der Waals surface area (Å²) in [4.78, 5) is 11.4. The molecule has 2 amide bonds. The summed E-state index contributed by atoms with van der Waals surface area (Å²) in [6.45, 7) is 0. The van der Waals surface area contributed by atoms with Crippen molar-refractivity contribution >= 4 is 33.5 Å². The first-order valence-electron chi connectivity index (χ1n) is 7.10. The molecule has 0 spiro atoms. The molecule has 0 saturated heterocycles. The van der Waals surface area contributed by atoms with Crippen LogP contribution in [0.15, 0.2) is 53.6 Å². The molecule has 0 aliphatic carbocycles. The van der Waals surface area contributed by atoms with Gasteiger partial charge in [-0.1, -0.05) is 23.7 Å². The van der Waals surface area contributed by atoms with Gasteiger partial charge in [0.2, 0.25) is 0 Å². The van der Waals surface area contributed by atoms with Crippen LogP contribution in [0.25, 0.3) is 0 Å². The Morgan fingerprint density at radius 3 is 2.04 bits per heavy atom. The molecular weight excluding hydrogens is 366 g/mol. The van der Waals surface area contributed by atoms with Crippen LogP contribution in [0, 0.1) is 0 Å². The fourth-order valence-corrected chi connectivity index (χ4v) is 2.50. The van der Waals surface area contributed by atoms with E-state index in [4.69, 9.17) is 15.8 Å². The molecule has 0 unspecified atom stereocenters. The van der Waals surface area contributed by atoms with Crippen molar-refractivity contribution in [2.24, 2.45) is 5.10 Å². The van der Waals surface area contributed by atoms with Gasteiger partial charge in [0.05, 0.1) is 12.0 Å². The number of rotatable bonds is 5. The zero-order valence-electron chi connectivity index (χ0n) is 13.5. The minimum atomic E-state index is -3.60. The summed E-state index contributed by atoms with van der Waals surface area (Å²) in [5.74, 6) is 0.181. The first-order chi connectivity index (χ1) is 11.8. The first-order valence-corrected chi connectivity index (χ1v) is 9.29. The summed E-state index contributed by atoms with van der Waals surface area (Å²) in [5.41, 5.74) is 4.22. The molecule has 7 nitrogen and oxygen atoms in total. The summed E-state index contributed by atoms with van der Waals surface area (Å²) in [5, 5.41) is 7.09. The molecule has 2 rings (SSSR count). The van der Waals surface area contributed by atoms with E-state index in [0.717, 1.165) is 11.8 Å². The molecule has 0 aliphatic rings. The molecule has 0 bridgehead atoms. The van der Waals surface area contributed by atoms with Gasteiger partial charge in [-0.3, -0.25) is 0 Å². The Hall–Kier alpha value is -2.58. The third kappa shape index (κ3) is 5.77. The molecule has 9 heteroatoms. The zero-order valence-corrected chi connectivity index (χ0v) is 15.1. The largest absolute Gasteiger partial charge is 0.383 e. The number of hydrogen-bond donors (Lipinski definition) is 2. The monoisotopic (exact) mass is 381 g/mol. The predicted octanol–water partition coefficient (Wildman–Crippen LogP) is 2.36. The predicted molar refractivity (Wildman–Crippen MR) is 96.6 cm³/mol. The molecular formula is C16H16ClN3O4S. The number of carbonyl (C=O) groups is 1. The minimum Gasteiger partial charge on any atom is -0.383 e. The van der Waals surface area contributed by atoms with E-state index in [1.54, 1.807) is 36.4 Å². The molecule has 2 N–H and O–H groups in total. The van der Waals surface area contributed by atoms with Crippen LogP contribution in [0.4, 0.5) is 4.79 Å². The highest BCUT2D eigenvalue weighted by atomic mass is 35.5. The Morgan fingerprint density at radius 1 is 1.04 bits per heavy atom. The minimum absolute atomic E-state index is 0.181. The Balaban J connectivity index is 2.37. The van der Waals surface area contributed by atoms with Crippen molar-refractivity contribution in [2.75, 3.05) is 13.3 Å². The van der Waals surface area contributed by atoms with Gasteiger partial charge in [-0.25, -0.2) is 10.2 Å². The van der Waals surface area contributed by atoms with Crippen molar-refractivity contribution in [1.82, 2.24) is 10.7 Å². The standard InChI is InChI=1S/C16H16ClN3O4S/c1-18-16(21)20-19-15(11-3-7-13(17)8-4-11)12-5-9-14(10-6-12)24-25(2,22)23/h3-10H,1-2H3,(H2,18,20,21). The second-order valence-corrected chi connectivity index (χ2v) is 6.98. The number of nitrogens with one attached hydrogen (secondary N) is 2. The van der Waals surface area contributed by atoms with E-state index in [0.29, 0.717) is 16.3 Å².